The predicted octanol–water partition coefficient (Wildman–Crippen LogP) is -0.495. The van der Waals surface area contributed by atoms with E-state index in [1.165, 1.54) is 10.9 Å². The minimum Gasteiger partial charge on any atom is -0.480 e. The van der Waals surface area contributed by atoms with Crippen LogP contribution in [0.15, 0.2) is 12.3 Å². The van der Waals surface area contributed by atoms with Gasteiger partial charge in [0, 0.05) is 13.2 Å². The van der Waals surface area contributed by atoms with Crippen molar-refractivity contribution in [2.75, 3.05) is 0 Å². The number of rotatable bonds is 2. The maximum atomic E-state index is 10.4. The van der Waals surface area contributed by atoms with Crippen LogP contribution in [0.5, 0.6) is 0 Å². The highest BCUT2D eigenvalue weighted by molar-refractivity contribution is 5.74. The van der Waals surface area contributed by atoms with Gasteiger partial charge in [-0.1, -0.05) is 0 Å². The summed E-state index contributed by atoms with van der Waals surface area (Å²) in [5, 5.41) is 12.3. The van der Waals surface area contributed by atoms with Gasteiger partial charge in [-0.3, -0.25) is 9.48 Å². The van der Waals surface area contributed by atoms with Crippen LogP contribution in [0.25, 0.3) is 0 Å². The molecule has 11 heavy (non-hydrogen) atoms. The van der Waals surface area contributed by atoms with Crippen molar-refractivity contribution in [3.63, 3.8) is 0 Å². The van der Waals surface area contributed by atoms with Crippen LogP contribution in [-0.4, -0.2) is 20.9 Å². The maximum absolute atomic E-state index is 10.4. The van der Waals surface area contributed by atoms with E-state index in [0.717, 1.165) is 0 Å². The summed E-state index contributed by atoms with van der Waals surface area (Å²) in [5.74, 6) is -1.05. The highest BCUT2D eigenvalue weighted by Crippen LogP contribution is 2.07. The van der Waals surface area contributed by atoms with Crippen LogP contribution in [0, 0.1) is 0 Å². The summed E-state index contributed by atoms with van der Waals surface area (Å²) < 4.78 is 1.44. The molecular weight excluding hydrogens is 146 g/mol. The van der Waals surface area contributed by atoms with Crippen molar-refractivity contribution in [2.24, 2.45) is 12.8 Å². The third-order valence-corrected chi connectivity index (χ3v) is 1.44. The van der Waals surface area contributed by atoms with Crippen molar-refractivity contribution in [2.45, 2.75) is 6.04 Å². The van der Waals surface area contributed by atoms with Crippen molar-refractivity contribution >= 4 is 5.97 Å². The Kier molecular flexibility index (Phi) is 1.91. The second-order valence-corrected chi connectivity index (χ2v) is 2.20. The van der Waals surface area contributed by atoms with Gasteiger partial charge in [-0.2, -0.15) is 5.10 Å². The molecular formula is C6H9N3O2. The van der Waals surface area contributed by atoms with E-state index in [-0.39, 0.29) is 0 Å². The maximum Gasteiger partial charge on any atom is 0.326 e. The predicted molar refractivity (Wildman–Crippen MR) is 37.8 cm³/mol. The molecule has 0 bridgehead atoms. The molecule has 0 aromatic carbocycles. The first kappa shape index (κ1) is 7.74. The van der Waals surface area contributed by atoms with E-state index in [1.807, 2.05) is 0 Å². The van der Waals surface area contributed by atoms with Crippen molar-refractivity contribution in [1.29, 1.82) is 0 Å². The van der Waals surface area contributed by atoms with E-state index >= 15 is 0 Å². The number of aromatic nitrogens is 2. The number of hydrogen-bond acceptors (Lipinski definition) is 3. The molecule has 0 spiro atoms. The second kappa shape index (κ2) is 2.71. The summed E-state index contributed by atoms with van der Waals surface area (Å²) in [5.41, 5.74) is 5.82. The third-order valence-electron chi connectivity index (χ3n) is 1.44. The lowest BCUT2D eigenvalue weighted by atomic mass is 10.2. The van der Waals surface area contributed by atoms with Gasteiger partial charge in [0.05, 0.1) is 5.69 Å². The van der Waals surface area contributed by atoms with E-state index < -0.39 is 12.0 Å². The molecule has 0 amide bonds. The summed E-state index contributed by atoms with van der Waals surface area (Å²) in [6, 6.07) is 0.598. The topological polar surface area (TPSA) is 81.1 Å². The molecule has 1 aromatic heterocycles. The lowest BCUT2D eigenvalue weighted by Gasteiger charge is -2.05. The van der Waals surface area contributed by atoms with Crippen LogP contribution in [0.1, 0.15) is 11.7 Å². The number of nitrogens with two attached hydrogens (primary N) is 1. The van der Waals surface area contributed by atoms with Crippen molar-refractivity contribution in [1.82, 2.24) is 9.78 Å². The molecule has 0 saturated heterocycles. The number of hydrogen-bond donors (Lipinski definition) is 2. The lowest BCUT2D eigenvalue weighted by Crippen LogP contribution is -2.23. The molecule has 3 N–H and O–H groups in total. The molecule has 5 nitrogen and oxygen atoms in total. The molecule has 60 valence electrons. The smallest absolute Gasteiger partial charge is 0.326 e. The fraction of sp³-hybridized carbons (Fsp3) is 0.333. The molecule has 0 aliphatic heterocycles. The normalized spacial score (nSPS) is 12.9. The van der Waals surface area contributed by atoms with Gasteiger partial charge >= 0.3 is 5.97 Å². The molecule has 0 unspecified atom stereocenters. The first-order chi connectivity index (χ1) is 5.13. The molecule has 0 saturated carbocycles. The summed E-state index contributed by atoms with van der Waals surface area (Å²) in [7, 11) is 1.65. The Hall–Kier alpha value is -1.36. The highest BCUT2D eigenvalue weighted by atomic mass is 16.4. The molecule has 0 radical (unpaired) electrons. The SMILES string of the molecule is Cn1nccc1[C@H](N)C(=O)O. The largest absolute Gasteiger partial charge is 0.480 e. The third kappa shape index (κ3) is 1.38. The number of aryl methyl sites for hydroxylation is 1. The minimum atomic E-state index is -1.05. The van der Waals surface area contributed by atoms with Gasteiger partial charge in [-0.25, -0.2) is 0 Å². The first-order valence-corrected chi connectivity index (χ1v) is 3.09. The van der Waals surface area contributed by atoms with Crippen LogP contribution >= 0.6 is 0 Å². The fourth-order valence-corrected chi connectivity index (χ4v) is 0.816. The molecule has 1 aromatic rings. The van der Waals surface area contributed by atoms with Crippen LogP contribution in [0.2, 0.25) is 0 Å². The zero-order valence-corrected chi connectivity index (χ0v) is 6.06. The Morgan fingerprint density at radius 1 is 1.91 bits per heavy atom. The van der Waals surface area contributed by atoms with Gasteiger partial charge < -0.3 is 10.8 Å². The number of carboxylic acids is 1. The van der Waals surface area contributed by atoms with Crippen molar-refractivity contribution in [3.8, 4) is 0 Å². The molecule has 0 aliphatic rings. The van der Waals surface area contributed by atoms with E-state index in [2.05, 4.69) is 5.10 Å². The molecule has 0 fully saturated rings. The van der Waals surface area contributed by atoms with E-state index in [1.54, 1.807) is 13.1 Å². The Balaban J connectivity index is 2.92. The fourth-order valence-electron chi connectivity index (χ4n) is 0.816. The Morgan fingerprint density at radius 2 is 2.55 bits per heavy atom. The Morgan fingerprint density at radius 3 is 2.91 bits per heavy atom. The summed E-state index contributed by atoms with van der Waals surface area (Å²) in [6.45, 7) is 0. The zero-order valence-electron chi connectivity index (χ0n) is 6.06. The standard InChI is InChI=1S/C6H9N3O2/c1-9-4(2-3-8-9)5(7)6(10)11/h2-3,5H,7H2,1H3,(H,10,11)/t5-/m0/s1. The first-order valence-electron chi connectivity index (χ1n) is 3.09. The van der Waals surface area contributed by atoms with Crippen LogP contribution in [0.3, 0.4) is 0 Å². The Labute approximate surface area is 63.4 Å². The van der Waals surface area contributed by atoms with Crippen molar-refractivity contribution in [3.05, 3.63) is 18.0 Å². The summed E-state index contributed by atoms with van der Waals surface area (Å²) in [6.07, 6.45) is 1.51. The molecule has 0 aliphatic carbocycles. The summed E-state index contributed by atoms with van der Waals surface area (Å²) in [4.78, 5) is 10.4. The lowest BCUT2D eigenvalue weighted by molar-refractivity contribution is -0.138. The number of carbonyl (C=O) groups is 1. The van der Waals surface area contributed by atoms with Gasteiger partial charge in [-0.15, -0.1) is 0 Å². The van der Waals surface area contributed by atoms with E-state index in [4.69, 9.17) is 10.8 Å². The number of aliphatic carboxylic acids is 1. The number of nitrogens with zero attached hydrogens (tertiary/aromatic N) is 2. The average Bonchev–Trinajstić information content (AvgIpc) is 2.33. The summed E-state index contributed by atoms with van der Waals surface area (Å²) >= 11 is 0. The zero-order chi connectivity index (χ0) is 8.43. The van der Waals surface area contributed by atoms with Crippen LogP contribution in [0.4, 0.5) is 0 Å². The second-order valence-electron chi connectivity index (χ2n) is 2.20. The molecule has 5 heteroatoms. The average molecular weight is 155 g/mol. The van der Waals surface area contributed by atoms with Crippen LogP contribution < -0.4 is 5.73 Å². The minimum absolute atomic E-state index is 0.498. The highest BCUT2D eigenvalue weighted by Gasteiger charge is 2.16. The monoisotopic (exact) mass is 155 g/mol. The van der Waals surface area contributed by atoms with E-state index in [9.17, 15) is 4.79 Å². The van der Waals surface area contributed by atoms with Gasteiger partial charge in [0.1, 0.15) is 6.04 Å². The van der Waals surface area contributed by atoms with Gasteiger partial charge in [0.2, 0.25) is 0 Å². The Bertz CT molecular complexity index is 269. The van der Waals surface area contributed by atoms with Gasteiger partial charge in [0.25, 0.3) is 0 Å². The van der Waals surface area contributed by atoms with Crippen LogP contribution in [-0.2, 0) is 11.8 Å². The number of carboxylic acid groups (broad SMARTS) is 1. The van der Waals surface area contributed by atoms with Crippen molar-refractivity contribution < 1.29 is 9.90 Å². The molecule has 1 atom stereocenters. The van der Waals surface area contributed by atoms with E-state index in [0.29, 0.717) is 5.69 Å². The van der Waals surface area contributed by atoms with Gasteiger partial charge in [-0.05, 0) is 6.07 Å². The molecule has 1 rings (SSSR count). The molecule has 1 heterocycles. The van der Waals surface area contributed by atoms with Gasteiger partial charge in [0.15, 0.2) is 0 Å². The quantitative estimate of drug-likeness (QED) is 0.603.